The summed E-state index contributed by atoms with van der Waals surface area (Å²) in [6.45, 7) is 0.373. The first-order chi connectivity index (χ1) is 7.40. The van der Waals surface area contributed by atoms with Crippen LogP contribution in [-0.4, -0.2) is 35.3 Å². The number of thioether (sulfide) groups is 1. The maximum Gasteiger partial charge on any atom is 0.0474 e. The monoisotopic (exact) mass is 229 g/mol. The molecule has 2 aliphatic rings. The van der Waals surface area contributed by atoms with Gasteiger partial charge in [0.05, 0.1) is 0 Å². The fourth-order valence-electron chi connectivity index (χ4n) is 2.82. The molecule has 1 saturated heterocycles. The molecule has 0 amide bonds. The fraction of sp³-hybridized carbons (Fsp3) is 1.00. The van der Waals surface area contributed by atoms with Gasteiger partial charge in [-0.1, -0.05) is 12.8 Å². The third kappa shape index (κ3) is 3.36. The molecule has 0 aromatic heterocycles. The van der Waals surface area contributed by atoms with E-state index in [1.165, 1.54) is 50.0 Å². The Kier molecular flexibility index (Phi) is 4.79. The molecule has 3 unspecified atom stereocenters. The van der Waals surface area contributed by atoms with Gasteiger partial charge in [-0.15, -0.1) is 0 Å². The molecule has 0 radical (unpaired) electrons. The van der Waals surface area contributed by atoms with Crippen LogP contribution in [0.5, 0.6) is 0 Å². The van der Waals surface area contributed by atoms with E-state index in [9.17, 15) is 5.11 Å². The summed E-state index contributed by atoms with van der Waals surface area (Å²) in [5.41, 5.74) is 0. The molecule has 3 atom stereocenters. The molecule has 2 N–H and O–H groups in total. The summed E-state index contributed by atoms with van der Waals surface area (Å²) in [6, 6.07) is 1.30. The molecular formula is C12H23NOS. The molecule has 1 aliphatic carbocycles. The average Bonchev–Trinajstić information content (AvgIpc) is 2.31. The number of rotatable bonds is 3. The van der Waals surface area contributed by atoms with Gasteiger partial charge in [-0.05, 0) is 37.4 Å². The van der Waals surface area contributed by atoms with Crippen molar-refractivity contribution < 1.29 is 5.11 Å². The van der Waals surface area contributed by atoms with Gasteiger partial charge < -0.3 is 10.4 Å². The molecule has 0 aromatic rings. The Hall–Kier alpha value is 0.270. The van der Waals surface area contributed by atoms with Crippen LogP contribution in [0.3, 0.4) is 0 Å². The van der Waals surface area contributed by atoms with Crippen LogP contribution in [0.15, 0.2) is 0 Å². The van der Waals surface area contributed by atoms with E-state index >= 15 is 0 Å². The lowest BCUT2D eigenvalue weighted by molar-refractivity contribution is 0.146. The quantitative estimate of drug-likeness (QED) is 0.776. The third-order valence-corrected chi connectivity index (χ3v) is 4.97. The summed E-state index contributed by atoms with van der Waals surface area (Å²) in [5, 5.41) is 13.1. The number of aliphatic hydroxyl groups is 1. The van der Waals surface area contributed by atoms with Crippen LogP contribution in [0.1, 0.15) is 38.5 Å². The second-order valence-electron chi connectivity index (χ2n) is 4.91. The minimum absolute atomic E-state index is 0.373. The first kappa shape index (κ1) is 11.7. The van der Waals surface area contributed by atoms with Crippen molar-refractivity contribution in [3.05, 3.63) is 0 Å². The van der Waals surface area contributed by atoms with E-state index in [4.69, 9.17) is 0 Å². The Labute approximate surface area is 97.2 Å². The first-order valence-electron chi connectivity index (χ1n) is 6.35. The Morgan fingerprint density at radius 2 is 2.00 bits per heavy atom. The predicted octanol–water partition coefficient (Wildman–Crippen LogP) is 2.02. The van der Waals surface area contributed by atoms with E-state index < -0.39 is 0 Å². The zero-order chi connectivity index (χ0) is 10.5. The van der Waals surface area contributed by atoms with E-state index in [0.717, 1.165) is 0 Å². The van der Waals surface area contributed by atoms with Gasteiger partial charge in [-0.2, -0.15) is 11.8 Å². The van der Waals surface area contributed by atoms with E-state index in [2.05, 4.69) is 17.1 Å². The van der Waals surface area contributed by atoms with Gasteiger partial charge in [0.1, 0.15) is 0 Å². The van der Waals surface area contributed by atoms with Gasteiger partial charge in [-0.3, -0.25) is 0 Å². The Bertz CT molecular complexity index is 182. The van der Waals surface area contributed by atoms with Gasteiger partial charge >= 0.3 is 0 Å². The van der Waals surface area contributed by atoms with Gasteiger partial charge in [0, 0.05) is 24.4 Å². The minimum atomic E-state index is 0.373. The number of hydrogen-bond donors (Lipinski definition) is 2. The van der Waals surface area contributed by atoms with E-state index in [1.54, 1.807) is 0 Å². The second-order valence-corrected chi connectivity index (χ2v) is 6.06. The Morgan fingerprint density at radius 3 is 2.73 bits per heavy atom. The van der Waals surface area contributed by atoms with Crippen molar-refractivity contribution in [1.82, 2.24) is 5.32 Å². The van der Waals surface area contributed by atoms with Crippen molar-refractivity contribution in [2.75, 3.05) is 18.1 Å². The van der Waals surface area contributed by atoms with E-state index in [0.29, 0.717) is 24.6 Å². The fourth-order valence-corrected chi connectivity index (χ4v) is 3.91. The molecule has 1 saturated carbocycles. The maximum absolute atomic E-state index is 9.35. The normalized spacial score (nSPS) is 37.8. The zero-order valence-electron chi connectivity index (χ0n) is 9.45. The van der Waals surface area contributed by atoms with Crippen molar-refractivity contribution in [2.45, 2.75) is 50.6 Å². The lowest BCUT2D eigenvalue weighted by Crippen LogP contribution is -2.47. The molecule has 0 spiro atoms. The highest BCUT2D eigenvalue weighted by Gasteiger charge is 2.26. The summed E-state index contributed by atoms with van der Waals surface area (Å²) in [4.78, 5) is 0. The van der Waals surface area contributed by atoms with Crippen LogP contribution in [0, 0.1) is 5.92 Å². The molecule has 1 aliphatic heterocycles. The highest BCUT2D eigenvalue weighted by Crippen LogP contribution is 2.26. The lowest BCUT2D eigenvalue weighted by atomic mass is 9.84. The summed E-state index contributed by atoms with van der Waals surface area (Å²) in [6.07, 6.45) is 7.83. The number of hydrogen-bond acceptors (Lipinski definition) is 3. The molecule has 1 heterocycles. The predicted molar refractivity (Wildman–Crippen MR) is 66.3 cm³/mol. The molecular weight excluding hydrogens is 206 g/mol. The SMILES string of the molecule is OCC1CCCCC1NC1CCCSC1. The molecule has 2 rings (SSSR count). The lowest BCUT2D eigenvalue weighted by Gasteiger charge is -2.35. The molecule has 0 bridgehead atoms. The standard InChI is InChI=1S/C12H23NOS/c14-8-10-4-1-2-6-12(10)13-11-5-3-7-15-9-11/h10-14H,1-9H2. The number of nitrogens with one attached hydrogen (secondary N) is 1. The van der Waals surface area contributed by atoms with Crippen LogP contribution in [0.2, 0.25) is 0 Å². The maximum atomic E-state index is 9.35. The van der Waals surface area contributed by atoms with Gasteiger partial charge in [0.25, 0.3) is 0 Å². The average molecular weight is 229 g/mol. The molecule has 2 fully saturated rings. The summed E-state index contributed by atoms with van der Waals surface area (Å²) in [7, 11) is 0. The molecule has 15 heavy (non-hydrogen) atoms. The minimum Gasteiger partial charge on any atom is -0.396 e. The van der Waals surface area contributed by atoms with E-state index in [1.807, 2.05) is 0 Å². The van der Waals surface area contributed by atoms with Gasteiger partial charge in [0.15, 0.2) is 0 Å². The van der Waals surface area contributed by atoms with Crippen molar-refractivity contribution >= 4 is 11.8 Å². The van der Waals surface area contributed by atoms with Crippen LogP contribution >= 0.6 is 11.8 Å². The van der Waals surface area contributed by atoms with E-state index in [-0.39, 0.29) is 0 Å². The van der Waals surface area contributed by atoms with Crippen molar-refractivity contribution in [3.8, 4) is 0 Å². The smallest absolute Gasteiger partial charge is 0.0474 e. The molecule has 3 heteroatoms. The summed E-state index contributed by atoms with van der Waals surface area (Å²) >= 11 is 2.08. The van der Waals surface area contributed by atoms with Gasteiger partial charge in [0.2, 0.25) is 0 Å². The molecule has 2 nitrogen and oxygen atoms in total. The Morgan fingerprint density at radius 1 is 1.13 bits per heavy atom. The highest BCUT2D eigenvalue weighted by molar-refractivity contribution is 7.99. The molecule has 0 aromatic carbocycles. The third-order valence-electron chi connectivity index (χ3n) is 3.75. The van der Waals surface area contributed by atoms with Crippen LogP contribution in [0.4, 0.5) is 0 Å². The summed E-state index contributed by atoms with van der Waals surface area (Å²) in [5.74, 6) is 3.13. The Balaban J connectivity index is 1.79. The van der Waals surface area contributed by atoms with Crippen LogP contribution in [-0.2, 0) is 0 Å². The van der Waals surface area contributed by atoms with Crippen molar-refractivity contribution in [1.29, 1.82) is 0 Å². The largest absolute Gasteiger partial charge is 0.396 e. The highest BCUT2D eigenvalue weighted by atomic mass is 32.2. The first-order valence-corrected chi connectivity index (χ1v) is 7.50. The second kappa shape index (κ2) is 6.12. The topological polar surface area (TPSA) is 32.3 Å². The van der Waals surface area contributed by atoms with Crippen molar-refractivity contribution in [3.63, 3.8) is 0 Å². The molecule has 88 valence electrons. The van der Waals surface area contributed by atoms with Crippen LogP contribution in [0.25, 0.3) is 0 Å². The zero-order valence-corrected chi connectivity index (χ0v) is 10.3. The summed E-state index contributed by atoms with van der Waals surface area (Å²) < 4.78 is 0. The van der Waals surface area contributed by atoms with Gasteiger partial charge in [-0.25, -0.2) is 0 Å². The van der Waals surface area contributed by atoms with Crippen molar-refractivity contribution in [2.24, 2.45) is 5.92 Å². The number of aliphatic hydroxyl groups excluding tert-OH is 1. The van der Waals surface area contributed by atoms with Crippen LogP contribution < -0.4 is 5.32 Å².